The van der Waals surface area contributed by atoms with E-state index in [0.717, 1.165) is 39.5 Å². The van der Waals surface area contributed by atoms with E-state index in [1.807, 2.05) is 26.0 Å². The van der Waals surface area contributed by atoms with Gasteiger partial charge in [-0.3, -0.25) is 4.79 Å². The van der Waals surface area contributed by atoms with E-state index in [1.165, 1.54) is 6.07 Å². The van der Waals surface area contributed by atoms with Crippen LogP contribution in [0.25, 0.3) is 22.2 Å². The molecule has 3 aromatic rings. The van der Waals surface area contributed by atoms with E-state index in [1.54, 1.807) is 10.8 Å². The molecule has 1 aliphatic carbocycles. The second-order valence-electron chi connectivity index (χ2n) is 7.75. The first-order valence-electron chi connectivity index (χ1n) is 9.28. The molecule has 2 aliphatic rings. The smallest absolute Gasteiger partial charge is 0.341 e. The van der Waals surface area contributed by atoms with Gasteiger partial charge in [-0.2, -0.15) is 0 Å². The number of carboxylic acids is 1. The molecule has 1 aromatic carbocycles. The number of furan rings is 1. The van der Waals surface area contributed by atoms with Crippen molar-refractivity contribution in [3.05, 3.63) is 50.4 Å². The van der Waals surface area contributed by atoms with Gasteiger partial charge in [-0.25, -0.2) is 4.79 Å². The van der Waals surface area contributed by atoms with E-state index in [2.05, 4.69) is 15.9 Å². The van der Waals surface area contributed by atoms with E-state index in [4.69, 9.17) is 9.15 Å². The number of aromatic carboxylic acids is 1. The summed E-state index contributed by atoms with van der Waals surface area (Å²) in [4.78, 5) is 24.8. The first kappa shape index (κ1) is 17.6. The summed E-state index contributed by atoms with van der Waals surface area (Å²) in [6.07, 6.45) is 2.96. The Labute approximate surface area is 168 Å². The molecule has 1 atom stereocenters. The highest BCUT2D eigenvalue weighted by Gasteiger charge is 2.38. The fourth-order valence-electron chi connectivity index (χ4n) is 4.04. The largest absolute Gasteiger partial charge is 0.481 e. The molecule has 1 N–H and O–H groups in total. The molecule has 144 valence electrons. The molecule has 0 saturated heterocycles. The molecule has 0 unspecified atom stereocenters. The quantitative estimate of drug-likeness (QED) is 0.605. The van der Waals surface area contributed by atoms with Crippen molar-refractivity contribution in [1.29, 1.82) is 0 Å². The predicted octanol–water partition coefficient (Wildman–Crippen LogP) is 5.15. The zero-order valence-corrected chi connectivity index (χ0v) is 16.9. The van der Waals surface area contributed by atoms with Gasteiger partial charge in [0.1, 0.15) is 11.7 Å². The molecule has 5 rings (SSSR count). The number of pyridine rings is 1. The van der Waals surface area contributed by atoms with E-state index >= 15 is 0 Å². The average Bonchev–Trinajstić information content (AvgIpc) is 3.35. The highest BCUT2D eigenvalue weighted by molar-refractivity contribution is 9.10. The monoisotopic (exact) mass is 443 g/mol. The standard InChI is InChI=1S/C21H18BrNO5/c1-9(2)17-12-7-14(21(25)26)20(24)23(10-3-4-10)16(12)13-8-15(22)11-5-6-27-18(11)19(13)28-17/h5-10,17H,3-4H2,1-2H3,(H,25,26)/t17-/m0/s1. The third-order valence-corrected chi connectivity index (χ3v) is 6.12. The fourth-order valence-corrected chi connectivity index (χ4v) is 4.58. The van der Waals surface area contributed by atoms with Crippen LogP contribution in [-0.4, -0.2) is 15.6 Å². The van der Waals surface area contributed by atoms with Crippen molar-refractivity contribution in [2.24, 2.45) is 5.92 Å². The minimum Gasteiger partial charge on any atom is -0.481 e. The van der Waals surface area contributed by atoms with Crippen LogP contribution in [0.15, 0.2) is 38.1 Å². The molecule has 0 radical (unpaired) electrons. The normalized spacial score (nSPS) is 18.1. The molecule has 2 aromatic heterocycles. The summed E-state index contributed by atoms with van der Waals surface area (Å²) in [5, 5.41) is 10.5. The number of benzene rings is 1. The molecular weight excluding hydrogens is 426 g/mol. The van der Waals surface area contributed by atoms with E-state index in [9.17, 15) is 14.7 Å². The molecule has 6 nitrogen and oxygen atoms in total. The van der Waals surface area contributed by atoms with Gasteiger partial charge in [0.2, 0.25) is 0 Å². The Balaban J connectivity index is 1.93. The lowest BCUT2D eigenvalue weighted by atomic mass is 9.89. The van der Waals surface area contributed by atoms with Crippen LogP contribution < -0.4 is 10.3 Å². The minimum absolute atomic E-state index is 0.0189. The van der Waals surface area contributed by atoms with Crippen molar-refractivity contribution in [2.75, 3.05) is 0 Å². The van der Waals surface area contributed by atoms with Crippen LogP contribution >= 0.6 is 15.9 Å². The van der Waals surface area contributed by atoms with Gasteiger partial charge in [0.15, 0.2) is 11.3 Å². The van der Waals surface area contributed by atoms with Gasteiger partial charge in [0.25, 0.3) is 5.56 Å². The molecule has 0 bridgehead atoms. The molecule has 3 heterocycles. The number of nitrogens with zero attached hydrogens (tertiary/aromatic N) is 1. The Morgan fingerprint density at radius 2 is 2.07 bits per heavy atom. The Morgan fingerprint density at radius 1 is 1.32 bits per heavy atom. The van der Waals surface area contributed by atoms with Gasteiger partial charge in [0, 0.05) is 27.0 Å². The first-order valence-corrected chi connectivity index (χ1v) is 10.1. The number of carbonyl (C=O) groups is 1. The van der Waals surface area contributed by atoms with Gasteiger partial charge in [-0.15, -0.1) is 0 Å². The van der Waals surface area contributed by atoms with Crippen LogP contribution in [0.2, 0.25) is 0 Å². The lowest BCUT2D eigenvalue weighted by molar-refractivity contribution is 0.0693. The maximum absolute atomic E-state index is 13.1. The van der Waals surface area contributed by atoms with Crippen molar-refractivity contribution < 1.29 is 19.1 Å². The predicted molar refractivity (Wildman–Crippen MR) is 107 cm³/mol. The summed E-state index contributed by atoms with van der Waals surface area (Å²) in [7, 11) is 0. The van der Waals surface area contributed by atoms with Crippen LogP contribution in [0.5, 0.6) is 5.75 Å². The van der Waals surface area contributed by atoms with Crippen molar-refractivity contribution >= 4 is 32.9 Å². The Kier molecular flexibility index (Phi) is 3.75. The van der Waals surface area contributed by atoms with Crippen molar-refractivity contribution in [3.63, 3.8) is 0 Å². The van der Waals surface area contributed by atoms with E-state index < -0.39 is 11.5 Å². The first-order chi connectivity index (χ1) is 13.4. The van der Waals surface area contributed by atoms with Crippen LogP contribution in [0, 0.1) is 5.92 Å². The molecule has 0 spiro atoms. The second-order valence-corrected chi connectivity index (χ2v) is 8.61. The highest BCUT2D eigenvalue weighted by atomic mass is 79.9. The third kappa shape index (κ3) is 2.38. The second kappa shape index (κ2) is 5.98. The van der Waals surface area contributed by atoms with Crippen LogP contribution in [0.3, 0.4) is 0 Å². The number of rotatable bonds is 3. The van der Waals surface area contributed by atoms with Crippen molar-refractivity contribution in [1.82, 2.24) is 4.57 Å². The lowest BCUT2D eigenvalue weighted by Gasteiger charge is -2.33. The van der Waals surface area contributed by atoms with Crippen molar-refractivity contribution in [2.45, 2.75) is 38.8 Å². The molecule has 7 heteroatoms. The molecule has 0 amide bonds. The summed E-state index contributed by atoms with van der Waals surface area (Å²) in [5.74, 6) is -0.531. The minimum atomic E-state index is -1.21. The number of carboxylic acid groups (broad SMARTS) is 1. The van der Waals surface area contributed by atoms with E-state index in [0.29, 0.717) is 11.3 Å². The topological polar surface area (TPSA) is 81.7 Å². The van der Waals surface area contributed by atoms with Gasteiger partial charge in [0.05, 0.1) is 12.0 Å². The number of fused-ring (bicyclic) bond motifs is 5. The lowest BCUT2D eigenvalue weighted by Crippen LogP contribution is -2.32. The zero-order valence-electron chi connectivity index (χ0n) is 15.4. The van der Waals surface area contributed by atoms with Crippen LogP contribution in [-0.2, 0) is 0 Å². The number of halogens is 1. The maximum atomic E-state index is 13.1. The summed E-state index contributed by atoms with van der Waals surface area (Å²) < 4.78 is 14.6. The summed E-state index contributed by atoms with van der Waals surface area (Å²) in [6.45, 7) is 4.04. The van der Waals surface area contributed by atoms with Gasteiger partial charge >= 0.3 is 5.97 Å². The molecular formula is C21H18BrNO5. The zero-order chi connectivity index (χ0) is 19.7. The SMILES string of the molecule is CC(C)[C@@H]1Oc2c(cc(Br)c3ccoc23)-c2c1cc(C(=O)O)c(=O)n2C1CC1. The van der Waals surface area contributed by atoms with Gasteiger partial charge in [-0.1, -0.05) is 29.8 Å². The summed E-state index contributed by atoms with van der Waals surface area (Å²) >= 11 is 3.59. The molecule has 1 fully saturated rings. The average molecular weight is 444 g/mol. The van der Waals surface area contributed by atoms with Crippen molar-refractivity contribution in [3.8, 4) is 17.0 Å². The Morgan fingerprint density at radius 3 is 2.71 bits per heavy atom. The van der Waals surface area contributed by atoms with Crippen LogP contribution in [0.4, 0.5) is 0 Å². The third-order valence-electron chi connectivity index (χ3n) is 5.46. The maximum Gasteiger partial charge on any atom is 0.341 e. The molecule has 28 heavy (non-hydrogen) atoms. The number of aromatic nitrogens is 1. The highest BCUT2D eigenvalue weighted by Crippen LogP contribution is 2.51. The molecule has 1 saturated carbocycles. The van der Waals surface area contributed by atoms with Gasteiger partial charge < -0.3 is 18.8 Å². The number of ether oxygens (including phenoxy) is 1. The Hall–Kier alpha value is -2.54. The Bertz CT molecular complexity index is 1200. The van der Waals surface area contributed by atoms with E-state index in [-0.39, 0.29) is 23.6 Å². The van der Waals surface area contributed by atoms with Gasteiger partial charge in [-0.05, 0) is 37.0 Å². The summed E-state index contributed by atoms with van der Waals surface area (Å²) in [5.41, 5.74) is 2.20. The number of hydrogen-bond acceptors (Lipinski definition) is 4. The van der Waals surface area contributed by atoms with Crippen LogP contribution in [0.1, 0.15) is 54.8 Å². The fraction of sp³-hybridized carbons (Fsp3) is 0.333. The summed E-state index contributed by atoms with van der Waals surface area (Å²) in [6, 6.07) is 5.31. The molecule has 1 aliphatic heterocycles. The number of hydrogen-bond donors (Lipinski definition) is 1.